The molecule has 0 aliphatic heterocycles. The van der Waals surface area contributed by atoms with Crippen LogP contribution in [0.4, 0.5) is 14.5 Å². The van der Waals surface area contributed by atoms with Gasteiger partial charge in [-0.05, 0) is 18.6 Å². The highest BCUT2D eigenvalue weighted by Crippen LogP contribution is 2.42. The molecular weight excluding hydrogens is 266 g/mol. The molecule has 3 N–H and O–H groups in total. The van der Waals surface area contributed by atoms with Gasteiger partial charge in [-0.25, -0.2) is 8.78 Å². The molecule has 0 spiro atoms. The van der Waals surface area contributed by atoms with Crippen LogP contribution in [-0.4, -0.2) is 25.2 Å². The Kier molecular flexibility index (Phi) is 3.69. The van der Waals surface area contributed by atoms with Crippen LogP contribution in [0.1, 0.15) is 30.6 Å². The summed E-state index contributed by atoms with van der Waals surface area (Å²) >= 11 is 0. The van der Waals surface area contributed by atoms with E-state index >= 15 is 0 Å². The molecular formula is C14H18F2N2O2. The summed E-state index contributed by atoms with van der Waals surface area (Å²) in [5.41, 5.74) is 4.19. The Balaban J connectivity index is 2.17. The summed E-state index contributed by atoms with van der Waals surface area (Å²) in [6.07, 6.45) is 0.629. The second kappa shape index (κ2) is 5.01. The van der Waals surface area contributed by atoms with E-state index < -0.39 is 23.1 Å². The van der Waals surface area contributed by atoms with Gasteiger partial charge in [0.25, 0.3) is 5.91 Å². The van der Waals surface area contributed by atoms with Gasteiger partial charge >= 0.3 is 0 Å². The summed E-state index contributed by atoms with van der Waals surface area (Å²) < 4.78 is 32.6. The smallest absolute Gasteiger partial charge is 0.257 e. The topological polar surface area (TPSA) is 64.3 Å². The Morgan fingerprint density at radius 2 is 2.10 bits per heavy atom. The minimum absolute atomic E-state index is 0.0170. The number of halogens is 2. The molecule has 1 saturated carbocycles. The maximum atomic E-state index is 13.8. The predicted molar refractivity (Wildman–Crippen MR) is 71.2 cm³/mol. The monoisotopic (exact) mass is 284 g/mol. The van der Waals surface area contributed by atoms with Crippen molar-refractivity contribution in [1.29, 1.82) is 0 Å². The third-order valence-electron chi connectivity index (χ3n) is 4.12. The van der Waals surface area contributed by atoms with E-state index in [-0.39, 0.29) is 23.2 Å². The van der Waals surface area contributed by atoms with Crippen LogP contribution in [0.15, 0.2) is 12.1 Å². The summed E-state index contributed by atoms with van der Waals surface area (Å²) in [5, 5.41) is 2.64. The minimum atomic E-state index is -1.03. The van der Waals surface area contributed by atoms with Crippen molar-refractivity contribution in [3.63, 3.8) is 0 Å². The number of amides is 1. The van der Waals surface area contributed by atoms with Crippen LogP contribution >= 0.6 is 0 Å². The molecule has 110 valence electrons. The SMILES string of the molecule is COC1CC(NC(=O)c2c(F)ccc(N)c2F)C1(C)C. The molecule has 2 rings (SSSR count). The van der Waals surface area contributed by atoms with Crippen molar-refractivity contribution in [2.75, 3.05) is 12.8 Å². The highest BCUT2D eigenvalue weighted by Gasteiger charge is 2.49. The van der Waals surface area contributed by atoms with Crippen LogP contribution in [-0.2, 0) is 4.74 Å². The van der Waals surface area contributed by atoms with Crippen LogP contribution in [0.5, 0.6) is 0 Å². The lowest BCUT2D eigenvalue weighted by molar-refractivity contribution is -0.0942. The van der Waals surface area contributed by atoms with E-state index in [0.717, 1.165) is 12.1 Å². The molecule has 1 aliphatic carbocycles. The van der Waals surface area contributed by atoms with Crippen LogP contribution in [0.2, 0.25) is 0 Å². The van der Waals surface area contributed by atoms with Gasteiger partial charge in [-0.1, -0.05) is 13.8 Å². The van der Waals surface area contributed by atoms with Gasteiger partial charge in [0, 0.05) is 18.6 Å². The fourth-order valence-corrected chi connectivity index (χ4v) is 2.54. The number of carbonyl (C=O) groups excluding carboxylic acids is 1. The number of methoxy groups -OCH3 is 1. The van der Waals surface area contributed by atoms with Crippen molar-refractivity contribution >= 4 is 11.6 Å². The highest BCUT2D eigenvalue weighted by molar-refractivity contribution is 5.96. The second-order valence-electron chi connectivity index (χ2n) is 5.63. The molecule has 2 atom stereocenters. The summed E-state index contributed by atoms with van der Waals surface area (Å²) in [6.45, 7) is 3.86. The average molecular weight is 284 g/mol. The largest absolute Gasteiger partial charge is 0.396 e. The number of rotatable bonds is 3. The van der Waals surface area contributed by atoms with Gasteiger partial charge in [-0.15, -0.1) is 0 Å². The third kappa shape index (κ3) is 2.24. The molecule has 20 heavy (non-hydrogen) atoms. The molecule has 1 aliphatic rings. The Morgan fingerprint density at radius 1 is 1.45 bits per heavy atom. The Morgan fingerprint density at radius 3 is 2.65 bits per heavy atom. The molecule has 1 amide bonds. The first-order chi connectivity index (χ1) is 9.28. The summed E-state index contributed by atoms with van der Waals surface area (Å²) in [6, 6.07) is 1.88. The molecule has 1 aromatic carbocycles. The van der Waals surface area contributed by atoms with E-state index in [1.54, 1.807) is 7.11 Å². The standard InChI is InChI=1S/C14H18F2N2O2/c1-14(2)9(6-10(14)20-3)18-13(19)11-7(15)4-5-8(17)12(11)16/h4-5,9-10H,6,17H2,1-3H3,(H,18,19). The Labute approximate surface area is 116 Å². The fourth-order valence-electron chi connectivity index (χ4n) is 2.54. The van der Waals surface area contributed by atoms with E-state index in [9.17, 15) is 13.6 Å². The van der Waals surface area contributed by atoms with Crippen LogP contribution in [0.25, 0.3) is 0 Å². The molecule has 2 unspecified atom stereocenters. The van der Waals surface area contributed by atoms with Gasteiger partial charge in [-0.3, -0.25) is 4.79 Å². The molecule has 1 fully saturated rings. The number of hydrogen-bond acceptors (Lipinski definition) is 3. The van der Waals surface area contributed by atoms with Crippen molar-refractivity contribution in [2.24, 2.45) is 5.41 Å². The maximum absolute atomic E-state index is 13.8. The number of nitrogens with one attached hydrogen (secondary N) is 1. The second-order valence-corrected chi connectivity index (χ2v) is 5.63. The fraction of sp³-hybridized carbons (Fsp3) is 0.500. The number of nitrogen functional groups attached to an aromatic ring is 1. The van der Waals surface area contributed by atoms with E-state index in [0.29, 0.717) is 6.42 Å². The molecule has 0 aromatic heterocycles. The van der Waals surface area contributed by atoms with Crippen molar-refractivity contribution in [3.8, 4) is 0 Å². The van der Waals surface area contributed by atoms with Crippen molar-refractivity contribution in [2.45, 2.75) is 32.4 Å². The first-order valence-electron chi connectivity index (χ1n) is 6.36. The lowest BCUT2D eigenvalue weighted by atomic mass is 9.64. The van der Waals surface area contributed by atoms with Gasteiger partial charge in [0.15, 0.2) is 5.82 Å². The number of benzene rings is 1. The minimum Gasteiger partial charge on any atom is -0.396 e. The van der Waals surface area contributed by atoms with Gasteiger partial charge in [0.2, 0.25) is 0 Å². The quantitative estimate of drug-likeness (QED) is 0.835. The normalized spacial score (nSPS) is 24.1. The third-order valence-corrected chi connectivity index (χ3v) is 4.12. The number of ether oxygens (including phenoxy) is 1. The van der Waals surface area contributed by atoms with Crippen molar-refractivity contribution in [1.82, 2.24) is 5.32 Å². The first-order valence-corrected chi connectivity index (χ1v) is 6.36. The summed E-state index contributed by atoms with van der Waals surface area (Å²) in [7, 11) is 1.60. The van der Waals surface area contributed by atoms with Crippen LogP contribution in [0.3, 0.4) is 0 Å². The number of anilines is 1. The zero-order chi connectivity index (χ0) is 15.1. The highest BCUT2D eigenvalue weighted by atomic mass is 19.1. The summed E-state index contributed by atoms with van der Waals surface area (Å²) in [5.74, 6) is -2.74. The van der Waals surface area contributed by atoms with Gasteiger partial charge in [-0.2, -0.15) is 0 Å². The van der Waals surface area contributed by atoms with Gasteiger partial charge in [0.05, 0.1) is 11.8 Å². The van der Waals surface area contributed by atoms with E-state index in [1.165, 1.54) is 0 Å². The van der Waals surface area contributed by atoms with E-state index in [1.807, 2.05) is 13.8 Å². The molecule has 1 aromatic rings. The zero-order valence-electron chi connectivity index (χ0n) is 11.7. The Hall–Kier alpha value is -1.69. The molecule has 0 saturated heterocycles. The molecule has 0 heterocycles. The van der Waals surface area contributed by atoms with Gasteiger partial charge in [0.1, 0.15) is 11.4 Å². The molecule has 6 heteroatoms. The molecule has 0 radical (unpaired) electrons. The van der Waals surface area contributed by atoms with Gasteiger partial charge < -0.3 is 15.8 Å². The Bertz CT molecular complexity index is 546. The van der Waals surface area contributed by atoms with E-state index in [4.69, 9.17) is 10.5 Å². The van der Waals surface area contributed by atoms with E-state index in [2.05, 4.69) is 5.32 Å². The van der Waals surface area contributed by atoms with Crippen LogP contribution in [0, 0.1) is 17.0 Å². The first kappa shape index (κ1) is 14.7. The molecule has 4 nitrogen and oxygen atoms in total. The van der Waals surface area contributed by atoms with Crippen LogP contribution < -0.4 is 11.1 Å². The predicted octanol–water partition coefficient (Wildman–Crippen LogP) is 2.09. The van der Waals surface area contributed by atoms with Crippen molar-refractivity contribution in [3.05, 3.63) is 29.3 Å². The maximum Gasteiger partial charge on any atom is 0.257 e. The van der Waals surface area contributed by atoms with Crippen molar-refractivity contribution < 1.29 is 18.3 Å². The average Bonchev–Trinajstić information content (AvgIpc) is 2.38. The lowest BCUT2D eigenvalue weighted by Gasteiger charge is -2.51. The number of carbonyl (C=O) groups is 1. The number of nitrogens with two attached hydrogens (primary N) is 1. The number of hydrogen-bond donors (Lipinski definition) is 2. The zero-order valence-corrected chi connectivity index (χ0v) is 11.7. The summed E-state index contributed by atoms with van der Waals surface area (Å²) in [4.78, 5) is 12.0. The lowest BCUT2D eigenvalue weighted by Crippen LogP contribution is -2.61. The molecule has 0 bridgehead atoms.